The van der Waals surface area contributed by atoms with Crippen molar-refractivity contribution >= 4 is 15.9 Å². The van der Waals surface area contributed by atoms with E-state index < -0.39 is 10.0 Å². The van der Waals surface area contributed by atoms with Gasteiger partial charge in [0.1, 0.15) is 5.75 Å². The Morgan fingerprint density at radius 1 is 1.27 bits per heavy atom. The molecule has 2 rings (SSSR count). The number of aromatic nitrogens is 1. The maximum absolute atomic E-state index is 12.4. The highest BCUT2D eigenvalue weighted by Gasteiger charge is 2.17. The van der Waals surface area contributed by atoms with Gasteiger partial charge in [0.25, 0.3) is 0 Å². The third kappa shape index (κ3) is 5.27. The first-order valence-corrected chi connectivity index (χ1v) is 9.61. The van der Waals surface area contributed by atoms with Crippen molar-refractivity contribution in [1.82, 2.24) is 14.6 Å². The smallest absolute Gasteiger partial charge is 0.240 e. The van der Waals surface area contributed by atoms with Crippen molar-refractivity contribution in [3.05, 3.63) is 53.9 Å². The number of hydrogen-bond acceptors (Lipinski definition) is 5. The Kier molecular flexibility index (Phi) is 6.70. The van der Waals surface area contributed by atoms with Crippen molar-refractivity contribution < 1.29 is 17.9 Å². The summed E-state index contributed by atoms with van der Waals surface area (Å²) in [6, 6.07) is 10.1. The molecule has 26 heavy (non-hydrogen) atoms. The molecule has 0 aliphatic heterocycles. The number of amides is 1. The van der Waals surface area contributed by atoms with Gasteiger partial charge in [0.15, 0.2) is 0 Å². The fourth-order valence-corrected chi connectivity index (χ4v) is 3.56. The van der Waals surface area contributed by atoms with E-state index in [9.17, 15) is 13.2 Å². The second-order valence-corrected chi connectivity index (χ2v) is 7.56. The Morgan fingerprint density at radius 3 is 2.62 bits per heavy atom. The van der Waals surface area contributed by atoms with Crippen LogP contribution in [0.15, 0.2) is 47.5 Å². The Morgan fingerprint density at radius 2 is 2.04 bits per heavy atom. The maximum atomic E-state index is 12.4. The van der Waals surface area contributed by atoms with E-state index in [0.29, 0.717) is 12.3 Å². The van der Waals surface area contributed by atoms with E-state index in [2.05, 4.69) is 9.71 Å². The molecule has 2 aromatic rings. The number of rotatable bonds is 8. The van der Waals surface area contributed by atoms with Crippen LogP contribution in [-0.4, -0.2) is 44.4 Å². The maximum Gasteiger partial charge on any atom is 0.240 e. The molecule has 0 saturated carbocycles. The molecule has 1 aromatic heterocycles. The molecular weight excluding hydrogens is 354 g/mol. The van der Waals surface area contributed by atoms with Crippen LogP contribution in [-0.2, 0) is 21.4 Å². The summed E-state index contributed by atoms with van der Waals surface area (Å²) in [7, 11) is -2.13. The van der Waals surface area contributed by atoms with Gasteiger partial charge in [-0.15, -0.1) is 0 Å². The number of ether oxygens (including phenoxy) is 1. The third-order valence-electron chi connectivity index (χ3n) is 3.87. The van der Waals surface area contributed by atoms with E-state index in [1.165, 1.54) is 20.1 Å². The molecule has 140 valence electrons. The van der Waals surface area contributed by atoms with E-state index in [0.717, 1.165) is 11.3 Å². The molecule has 0 fully saturated rings. The van der Waals surface area contributed by atoms with Crippen molar-refractivity contribution in [2.75, 3.05) is 20.2 Å². The zero-order chi connectivity index (χ0) is 19.2. The molecule has 0 aliphatic rings. The number of hydrogen-bond donors (Lipinski definition) is 1. The van der Waals surface area contributed by atoms with Crippen LogP contribution in [0.3, 0.4) is 0 Å². The number of nitrogens with one attached hydrogen (secondary N) is 1. The zero-order valence-electron chi connectivity index (χ0n) is 15.1. The Hall–Kier alpha value is -2.45. The van der Waals surface area contributed by atoms with Crippen LogP contribution >= 0.6 is 0 Å². The van der Waals surface area contributed by atoms with Gasteiger partial charge in [-0.25, -0.2) is 13.1 Å². The molecule has 0 bridgehead atoms. The highest BCUT2D eigenvalue weighted by atomic mass is 32.2. The predicted molar refractivity (Wildman–Crippen MR) is 98.2 cm³/mol. The number of sulfonamides is 1. The summed E-state index contributed by atoms with van der Waals surface area (Å²) in [5.74, 6) is 0.484. The lowest BCUT2D eigenvalue weighted by molar-refractivity contribution is -0.129. The highest BCUT2D eigenvalue weighted by Crippen LogP contribution is 2.21. The van der Waals surface area contributed by atoms with Crippen LogP contribution in [0.25, 0.3) is 0 Å². The molecule has 1 N–H and O–H groups in total. The summed E-state index contributed by atoms with van der Waals surface area (Å²) < 4.78 is 32.5. The average Bonchev–Trinajstić information content (AvgIpc) is 2.61. The van der Waals surface area contributed by atoms with Crippen LogP contribution in [0, 0.1) is 6.92 Å². The normalized spacial score (nSPS) is 11.2. The number of aryl methyl sites for hydroxylation is 1. The van der Waals surface area contributed by atoms with E-state index >= 15 is 0 Å². The van der Waals surface area contributed by atoms with Crippen molar-refractivity contribution in [2.45, 2.75) is 25.3 Å². The van der Waals surface area contributed by atoms with Gasteiger partial charge in [-0.05, 0) is 42.8 Å². The first kappa shape index (κ1) is 19.9. The predicted octanol–water partition coefficient (Wildman–Crippen LogP) is 1.73. The molecule has 1 amide bonds. The highest BCUT2D eigenvalue weighted by molar-refractivity contribution is 7.89. The molecule has 0 saturated heterocycles. The molecule has 1 heterocycles. The van der Waals surface area contributed by atoms with Gasteiger partial charge in [-0.1, -0.05) is 6.07 Å². The van der Waals surface area contributed by atoms with Crippen molar-refractivity contribution in [1.29, 1.82) is 0 Å². The molecule has 7 nitrogen and oxygen atoms in total. The number of nitrogens with zero attached hydrogens (tertiary/aromatic N) is 2. The minimum atomic E-state index is -3.66. The Labute approximate surface area is 154 Å². The number of carbonyl (C=O) groups excluding carboxylic acids is 1. The minimum Gasteiger partial charge on any atom is -0.496 e. The van der Waals surface area contributed by atoms with Gasteiger partial charge in [0, 0.05) is 26.2 Å². The number of carbonyl (C=O) groups is 1. The van der Waals surface area contributed by atoms with Crippen LogP contribution in [0.4, 0.5) is 0 Å². The molecule has 0 atom stereocenters. The lowest BCUT2D eigenvalue weighted by atomic mass is 10.2. The molecular formula is C18H23N3O4S. The van der Waals surface area contributed by atoms with Gasteiger partial charge in [-0.2, -0.15) is 0 Å². The van der Waals surface area contributed by atoms with Crippen molar-refractivity contribution in [2.24, 2.45) is 0 Å². The topological polar surface area (TPSA) is 88.6 Å². The SMILES string of the molecule is COc1ccc(S(=O)(=O)NCCN(Cc2ccccn2)C(C)=O)cc1C. The van der Waals surface area contributed by atoms with E-state index in [4.69, 9.17) is 4.74 Å². The monoisotopic (exact) mass is 377 g/mol. The van der Waals surface area contributed by atoms with Gasteiger partial charge < -0.3 is 9.64 Å². The van der Waals surface area contributed by atoms with Crippen LogP contribution in [0.5, 0.6) is 5.75 Å². The summed E-state index contributed by atoms with van der Waals surface area (Å²) in [5.41, 5.74) is 1.48. The first-order chi connectivity index (χ1) is 12.3. The van der Waals surface area contributed by atoms with Crippen LogP contribution in [0.1, 0.15) is 18.2 Å². The average molecular weight is 377 g/mol. The molecule has 0 aliphatic carbocycles. The standard InChI is InChI=1S/C18H23N3O4S/c1-14-12-17(7-8-18(14)25-3)26(23,24)20-10-11-21(15(2)22)13-16-6-4-5-9-19-16/h4-9,12,20H,10-11,13H2,1-3H3. The first-order valence-electron chi connectivity index (χ1n) is 8.13. The van der Waals surface area contributed by atoms with Crippen LogP contribution < -0.4 is 9.46 Å². The fourth-order valence-electron chi connectivity index (χ4n) is 2.45. The number of benzene rings is 1. The van der Waals surface area contributed by atoms with E-state index in [1.54, 1.807) is 36.2 Å². The molecule has 0 radical (unpaired) electrons. The number of methoxy groups -OCH3 is 1. The number of pyridine rings is 1. The fraction of sp³-hybridized carbons (Fsp3) is 0.333. The van der Waals surface area contributed by atoms with Gasteiger partial charge in [0.2, 0.25) is 15.9 Å². The van der Waals surface area contributed by atoms with Gasteiger partial charge in [0.05, 0.1) is 24.2 Å². The van der Waals surface area contributed by atoms with Gasteiger partial charge in [-0.3, -0.25) is 9.78 Å². The summed E-state index contributed by atoms with van der Waals surface area (Å²) in [4.78, 5) is 17.7. The molecule has 1 aromatic carbocycles. The minimum absolute atomic E-state index is 0.111. The van der Waals surface area contributed by atoms with Crippen LogP contribution in [0.2, 0.25) is 0 Å². The lowest BCUT2D eigenvalue weighted by Gasteiger charge is -2.21. The summed E-state index contributed by atoms with van der Waals surface area (Å²) >= 11 is 0. The van der Waals surface area contributed by atoms with Crippen molar-refractivity contribution in [3.63, 3.8) is 0 Å². The van der Waals surface area contributed by atoms with E-state index in [-0.39, 0.29) is 23.9 Å². The largest absolute Gasteiger partial charge is 0.496 e. The second-order valence-electron chi connectivity index (χ2n) is 5.79. The quantitative estimate of drug-likeness (QED) is 0.757. The van der Waals surface area contributed by atoms with E-state index in [1.807, 2.05) is 12.1 Å². The van der Waals surface area contributed by atoms with Gasteiger partial charge >= 0.3 is 0 Å². The van der Waals surface area contributed by atoms with Crippen molar-refractivity contribution in [3.8, 4) is 5.75 Å². The second kappa shape index (κ2) is 8.77. The lowest BCUT2D eigenvalue weighted by Crippen LogP contribution is -2.37. The summed E-state index contributed by atoms with van der Waals surface area (Å²) in [5, 5.41) is 0. The molecule has 0 unspecified atom stereocenters. The zero-order valence-corrected chi connectivity index (χ0v) is 15.9. The Balaban J connectivity index is 1.99. The Bertz CT molecular complexity index is 854. The third-order valence-corrected chi connectivity index (χ3v) is 5.33. The summed E-state index contributed by atoms with van der Waals surface area (Å²) in [6.45, 7) is 3.92. The molecule has 8 heteroatoms. The molecule has 0 spiro atoms. The summed E-state index contributed by atoms with van der Waals surface area (Å²) in [6.07, 6.45) is 1.66.